The molecule has 0 saturated carbocycles. The van der Waals surface area contributed by atoms with E-state index in [1.54, 1.807) is 25.2 Å². The second-order valence-electron chi connectivity index (χ2n) is 6.94. The molecule has 0 radical (unpaired) electrons. The van der Waals surface area contributed by atoms with Gasteiger partial charge in [-0.25, -0.2) is 4.98 Å². The normalized spacial score (nSPS) is 12.8. The maximum atomic E-state index is 13.0. The molecule has 1 atom stereocenters. The van der Waals surface area contributed by atoms with E-state index in [0.29, 0.717) is 27.9 Å². The molecule has 2 aromatic heterocycles. The number of thiazole rings is 1. The Labute approximate surface area is 161 Å². The van der Waals surface area contributed by atoms with Gasteiger partial charge in [0.25, 0.3) is 0 Å². The van der Waals surface area contributed by atoms with Gasteiger partial charge >= 0.3 is 0 Å². The summed E-state index contributed by atoms with van der Waals surface area (Å²) in [6, 6.07) is 9.63. The zero-order valence-corrected chi connectivity index (χ0v) is 16.6. The summed E-state index contributed by atoms with van der Waals surface area (Å²) in [7, 11) is 0. The largest absolute Gasteiger partial charge is 0.455 e. The van der Waals surface area contributed by atoms with Crippen LogP contribution in [-0.2, 0) is 6.42 Å². The van der Waals surface area contributed by atoms with E-state index in [-0.39, 0.29) is 5.43 Å². The molecule has 4 nitrogen and oxygen atoms in total. The molecule has 0 fully saturated rings. The van der Waals surface area contributed by atoms with Crippen molar-refractivity contribution in [1.29, 1.82) is 0 Å². The Morgan fingerprint density at radius 2 is 2.00 bits per heavy atom. The van der Waals surface area contributed by atoms with Crippen molar-refractivity contribution in [2.45, 2.75) is 40.2 Å². The smallest absolute Gasteiger partial charge is 0.196 e. The van der Waals surface area contributed by atoms with Crippen molar-refractivity contribution in [2.24, 2.45) is 0 Å². The molecule has 5 heteroatoms. The zero-order chi connectivity index (χ0) is 19.3. The average Bonchev–Trinajstić information content (AvgIpc) is 3.06. The fraction of sp³-hybridized carbons (Fsp3) is 0.273. The Hall–Kier alpha value is -2.50. The van der Waals surface area contributed by atoms with Crippen LogP contribution >= 0.6 is 11.3 Å². The number of nitrogens with zero attached hydrogens (tertiary/aromatic N) is 1. The second-order valence-corrected chi connectivity index (χ2v) is 8.05. The second kappa shape index (κ2) is 6.59. The summed E-state index contributed by atoms with van der Waals surface area (Å²) >= 11 is 1.66. The summed E-state index contributed by atoms with van der Waals surface area (Å²) in [4.78, 5) is 17.6. The molecule has 0 spiro atoms. The van der Waals surface area contributed by atoms with Gasteiger partial charge in [0.15, 0.2) is 5.43 Å². The molecule has 2 heterocycles. The first-order valence-corrected chi connectivity index (χ1v) is 9.86. The Kier molecular flexibility index (Phi) is 4.36. The fourth-order valence-electron chi connectivity index (χ4n) is 3.42. The van der Waals surface area contributed by atoms with E-state index in [4.69, 9.17) is 4.42 Å². The van der Waals surface area contributed by atoms with Gasteiger partial charge in [0.05, 0.1) is 26.7 Å². The van der Waals surface area contributed by atoms with E-state index in [2.05, 4.69) is 11.9 Å². The molecule has 138 valence electrons. The highest BCUT2D eigenvalue weighted by atomic mass is 32.1. The molecule has 0 saturated heterocycles. The maximum Gasteiger partial charge on any atom is 0.196 e. The lowest BCUT2D eigenvalue weighted by molar-refractivity contribution is 0.199. The lowest BCUT2D eigenvalue weighted by atomic mass is 10.00. The number of aliphatic hydroxyl groups is 1. The highest BCUT2D eigenvalue weighted by Crippen LogP contribution is 2.33. The third-order valence-electron chi connectivity index (χ3n) is 4.84. The number of hydrogen-bond acceptors (Lipinski definition) is 5. The van der Waals surface area contributed by atoms with Crippen molar-refractivity contribution >= 4 is 32.5 Å². The van der Waals surface area contributed by atoms with Crippen LogP contribution in [-0.4, -0.2) is 10.1 Å². The molecule has 2 aromatic carbocycles. The van der Waals surface area contributed by atoms with Gasteiger partial charge in [-0.05, 0) is 63.1 Å². The zero-order valence-electron chi connectivity index (χ0n) is 15.8. The molecule has 1 N–H and O–H groups in total. The first-order valence-electron chi connectivity index (χ1n) is 9.05. The van der Waals surface area contributed by atoms with Crippen LogP contribution in [0.15, 0.2) is 39.5 Å². The van der Waals surface area contributed by atoms with Gasteiger partial charge in [0.1, 0.15) is 11.3 Å². The van der Waals surface area contributed by atoms with Gasteiger partial charge in [-0.1, -0.05) is 6.92 Å². The molecule has 0 aliphatic rings. The SMILES string of the molecule is CCc1nc2ccc(-c3oc4c([C@@H](C)O)cc(C)cc4c(=O)c3C)cc2s1. The van der Waals surface area contributed by atoms with Gasteiger partial charge in [-0.15, -0.1) is 11.3 Å². The highest BCUT2D eigenvalue weighted by molar-refractivity contribution is 7.18. The van der Waals surface area contributed by atoms with Crippen LogP contribution < -0.4 is 5.43 Å². The van der Waals surface area contributed by atoms with Crippen molar-refractivity contribution in [3.05, 3.63) is 62.3 Å². The molecule has 0 bridgehead atoms. The maximum absolute atomic E-state index is 13.0. The Morgan fingerprint density at radius 1 is 1.22 bits per heavy atom. The van der Waals surface area contributed by atoms with Crippen molar-refractivity contribution in [3.8, 4) is 11.3 Å². The monoisotopic (exact) mass is 379 g/mol. The van der Waals surface area contributed by atoms with E-state index in [1.165, 1.54) is 0 Å². The van der Waals surface area contributed by atoms with Crippen LogP contribution in [0.3, 0.4) is 0 Å². The predicted molar refractivity (Wildman–Crippen MR) is 111 cm³/mol. The first kappa shape index (κ1) is 17.9. The number of benzene rings is 2. The quantitative estimate of drug-likeness (QED) is 0.524. The van der Waals surface area contributed by atoms with E-state index in [1.807, 2.05) is 37.3 Å². The Bertz CT molecular complexity index is 1230. The predicted octanol–water partition coefficient (Wildman–Crippen LogP) is 5.30. The van der Waals surface area contributed by atoms with Crippen molar-refractivity contribution in [1.82, 2.24) is 4.98 Å². The van der Waals surface area contributed by atoms with Crippen LogP contribution in [0, 0.1) is 13.8 Å². The third-order valence-corrected chi connectivity index (χ3v) is 6.00. The van der Waals surface area contributed by atoms with Crippen LogP contribution in [0.25, 0.3) is 32.5 Å². The Morgan fingerprint density at radius 3 is 2.70 bits per heavy atom. The summed E-state index contributed by atoms with van der Waals surface area (Å²) in [5.74, 6) is 0.548. The molecule has 27 heavy (non-hydrogen) atoms. The van der Waals surface area contributed by atoms with Crippen LogP contribution in [0.2, 0.25) is 0 Å². The number of aliphatic hydroxyl groups excluding tert-OH is 1. The van der Waals surface area contributed by atoms with Gasteiger partial charge in [-0.2, -0.15) is 0 Å². The van der Waals surface area contributed by atoms with Gasteiger partial charge in [0.2, 0.25) is 0 Å². The summed E-state index contributed by atoms with van der Waals surface area (Å²) in [5, 5.41) is 11.8. The molecular weight excluding hydrogens is 358 g/mol. The number of fused-ring (bicyclic) bond motifs is 2. The molecule has 0 aliphatic heterocycles. The third kappa shape index (κ3) is 2.97. The van der Waals surface area contributed by atoms with Gasteiger partial charge in [0, 0.05) is 16.7 Å². The summed E-state index contributed by atoms with van der Waals surface area (Å²) < 4.78 is 7.29. The Balaban J connectivity index is 2.02. The van der Waals surface area contributed by atoms with Crippen LogP contribution in [0.5, 0.6) is 0 Å². The van der Waals surface area contributed by atoms with Crippen LogP contribution in [0.4, 0.5) is 0 Å². The lowest BCUT2D eigenvalue weighted by Gasteiger charge is -2.13. The number of aromatic nitrogens is 1. The van der Waals surface area contributed by atoms with Gasteiger partial charge in [-0.3, -0.25) is 4.79 Å². The average molecular weight is 379 g/mol. The minimum atomic E-state index is -0.720. The molecule has 0 amide bonds. The van der Waals surface area contributed by atoms with Gasteiger partial charge < -0.3 is 9.52 Å². The summed E-state index contributed by atoms with van der Waals surface area (Å²) in [6.45, 7) is 7.48. The minimum Gasteiger partial charge on any atom is -0.455 e. The van der Waals surface area contributed by atoms with E-state index in [9.17, 15) is 9.90 Å². The topological polar surface area (TPSA) is 63.3 Å². The van der Waals surface area contributed by atoms with E-state index in [0.717, 1.165) is 32.8 Å². The standard InChI is InChI=1S/C22H21NO3S/c1-5-19-23-17-7-6-14(10-18(17)27-19)21-12(3)20(25)16-9-11(2)8-15(13(4)24)22(16)26-21/h6-10,13,24H,5H2,1-4H3/t13-/m1/s1. The number of aryl methyl sites for hydroxylation is 2. The number of hydrogen-bond donors (Lipinski definition) is 1. The summed E-state index contributed by atoms with van der Waals surface area (Å²) in [6.07, 6.45) is 0.178. The summed E-state index contributed by atoms with van der Waals surface area (Å²) in [5.41, 5.74) is 4.34. The van der Waals surface area contributed by atoms with E-state index < -0.39 is 6.10 Å². The van der Waals surface area contributed by atoms with E-state index >= 15 is 0 Å². The molecule has 4 rings (SSSR count). The van der Waals surface area contributed by atoms with Crippen molar-refractivity contribution < 1.29 is 9.52 Å². The molecule has 0 unspecified atom stereocenters. The molecule has 4 aromatic rings. The highest BCUT2D eigenvalue weighted by Gasteiger charge is 2.18. The number of rotatable bonds is 3. The van der Waals surface area contributed by atoms with Crippen LogP contribution in [0.1, 0.15) is 41.6 Å². The fourth-order valence-corrected chi connectivity index (χ4v) is 4.36. The van der Waals surface area contributed by atoms with Crippen molar-refractivity contribution in [3.63, 3.8) is 0 Å². The minimum absolute atomic E-state index is 0.0597. The molecular formula is C22H21NO3S. The lowest BCUT2D eigenvalue weighted by Crippen LogP contribution is -2.09. The molecule has 0 aliphatic carbocycles. The first-order chi connectivity index (χ1) is 12.9. The van der Waals surface area contributed by atoms with Crippen molar-refractivity contribution in [2.75, 3.05) is 0 Å².